The van der Waals surface area contributed by atoms with E-state index in [2.05, 4.69) is 5.32 Å². The third-order valence-corrected chi connectivity index (χ3v) is 2.61. The molecule has 6 heteroatoms. The van der Waals surface area contributed by atoms with E-state index < -0.39 is 12.1 Å². The predicted molar refractivity (Wildman–Crippen MR) is 78.8 cm³/mol. The molecule has 1 aromatic rings. The van der Waals surface area contributed by atoms with Crippen molar-refractivity contribution in [3.8, 4) is 5.75 Å². The van der Waals surface area contributed by atoms with Gasteiger partial charge in [0.05, 0.1) is 20.1 Å². The minimum absolute atomic E-state index is 0.0663. The molecule has 0 heterocycles. The molecule has 0 radical (unpaired) electrons. The predicted octanol–water partition coefficient (Wildman–Crippen LogP) is 2.14. The molecule has 5 nitrogen and oxygen atoms in total. The largest absolute Gasteiger partial charge is 0.494 e. The second kappa shape index (κ2) is 11.0. The van der Waals surface area contributed by atoms with E-state index in [0.717, 1.165) is 0 Å². The van der Waals surface area contributed by atoms with Crippen LogP contribution in [0.1, 0.15) is 19.4 Å². The molecule has 0 aliphatic heterocycles. The van der Waals surface area contributed by atoms with E-state index in [1.807, 2.05) is 13.8 Å². The third kappa shape index (κ3) is 6.55. The van der Waals surface area contributed by atoms with Gasteiger partial charge in [-0.3, -0.25) is 4.79 Å². The van der Waals surface area contributed by atoms with Gasteiger partial charge in [0.2, 0.25) is 5.91 Å². The lowest BCUT2D eigenvalue weighted by atomic mass is 10.1. The number of halogens is 1. The number of carbonyl (C=O) groups excluding carboxylic acids is 1. The van der Waals surface area contributed by atoms with Crippen LogP contribution in [0.3, 0.4) is 0 Å². The second-order valence-corrected chi connectivity index (χ2v) is 3.82. The monoisotopic (exact) mass is 301 g/mol. The van der Waals surface area contributed by atoms with Gasteiger partial charge in [0.25, 0.3) is 0 Å². The fourth-order valence-corrected chi connectivity index (χ4v) is 1.55. The first kappa shape index (κ1) is 19.3. The maximum atomic E-state index is 13.8. The van der Waals surface area contributed by atoms with Crippen LogP contribution in [0, 0.1) is 5.82 Å². The Hall–Kier alpha value is -1.66. The minimum atomic E-state index is -0.518. The van der Waals surface area contributed by atoms with E-state index in [4.69, 9.17) is 14.2 Å². The van der Waals surface area contributed by atoms with E-state index in [1.165, 1.54) is 27.4 Å². The maximum Gasteiger partial charge on any atom is 0.224 e. The van der Waals surface area contributed by atoms with E-state index in [1.54, 1.807) is 12.1 Å². The van der Waals surface area contributed by atoms with Crippen molar-refractivity contribution >= 4 is 5.91 Å². The van der Waals surface area contributed by atoms with E-state index in [-0.39, 0.29) is 30.2 Å². The highest BCUT2D eigenvalue weighted by atomic mass is 19.1. The molecule has 1 aromatic carbocycles. The lowest BCUT2D eigenvalue weighted by molar-refractivity contribution is -0.126. The molecule has 0 fully saturated rings. The third-order valence-electron chi connectivity index (χ3n) is 2.61. The lowest BCUT2D eigenvalue weighted by Gasteiger charge is -2.14. The highest BCUT2D eigenvalue weighted by Crippen LogP contribution is 2.20. The first-order chi connectivity index (χ1) is 10.1. The number of methoxy groups -OCH3 is 3. The molecule has 0 atom stereocenters. The maximum absolute atomic E-state index is 13.8. The molecule has 0 saturated heterocycles. The smallest absolute Gasteiger partial charge is 0.224 e. The van der Waals surface area contributed by atoms with Gasteiger partial charge in [-0.1, -0.05) is 26.0 Å². The normalized spacial score (nSPS) is 9.86. The average Bonchev–Trinajstić information content (AvgIpc) is 2.52. The molecule has 0 aliphatic rings. The van der Waals surface area contributed by atoms with Gasteiger partial charge in [-0.2, -0.15) is 0 Å². The van der Waals surface area contributed by atoms with Crippen LogP contribution in [0.2, 0.25) is 0 Å². The molecule has 0 unspecified atom stereocenters. The summed E-state index contributed by atoms with van der Waals surface area (Å²) in [5.41, 5.74) is 0.281. The Balaban J connectivity index is 0.00000191. The van der Waals surface area contributed by atoms with Gasteiger partial charge in [0.15, 0.2) is 17.9 Å². The summed E-state index contributed by atoms with van der Waals surface area (Å²) in [5.74, 6) is -0.710. The van der Waals surface area contributed by atoms with Crippen molar-refractivity contribution in [2.45, 2.75) is 26.6 Å². The average molecular weight is 301 g/mol. The zero-order valence-electron chi connectivity index (χ0n) is 13.2. The van der Waals surface area contributed by atoms with Crippen molar-refractivity contribution in [3.05, 3.63) is 29.6 Å². The van der Waals surface area contributed by atoms with Crippen molar-refractivity contribution in [2.24, 2.45) is 0 Å². The zero-order valence-corrected chi connectivity index (χ0v) is 13.2. The summed E-state index contributed by atoms with van der Waals surface area (Å²) in [7, 11) is 4.33. The summed E-state index contributed by atoms with van der Waals surface area (Å²) in [5, 5.41) is 2.60. The van der Waals surface area contributed by atoms with Crippen LogP contribution in [-0.4, -0.2) is 40.1 Å². The first-order valence-electron chi connectivity index (χ1n) is 6.76. The van der Waals surface area contributed by atoms with Crippen LogP contribution in [-0.2, 0) is 20.7 Å². The molecule has 1 N–H and O–H groups in total. The van der Waals surface area contributed by atoms with Crippen LogP contribution in [0.15, 0.2) is 18.2 Å². The summed E-state index contributed by atoms with van der Waals surface area (Å²) in [6, 6.07) is 4.68. The molecule has 0 aliphatic carbocycles. The Kier molecular flexibility index (Phi) is 10.2. The van der Waals surface area contributed by atoms with E-state index >= 15 is 0 Å². The molecular formula is C15H24FNO4. The summed E-state index contributed by atoms with van der Waals surface area (Å²) >= 11 is 0. The summed E-state index contributed by atoms with van der Waals surface area (Å²) in [6.45, 7) is 4.21. The molecular weight excluding hydrogens is 277 g/mol. The number of nitrogens with one attached hydrogen (secondary N) is 1. The number of benzene rings is 1. The second-order valence-electron chi connectivity index (χ2n) is 3.82. The van der Waals surface area contributed by atoms with E-state index in [9.17, 15) is 9.18 Å². The van der Waals surface area contributed by atoms with Crippen LogP contribution in [0.25, 0.3) is 0 Å². The Morgan fingerprint density at radius 1 is 1.24 bits per heavy atom. The van der Waals surface area contributed by atoms with Gasteiger partial charge < -0.3 is 19.5 Å². The number of rotatable bonds is 7. The Morgan fingerprint density at radius 2 is 1.86 bits per heavy atom. The van der Waals surface area contributed by atoms with Crippen LogP contribution in [0.4, 0.5) is 4.39 Å². The van der Waals surface area contributed by atoms with Crippen LogP contribution < -0.4 is 10.1 Å². The lowest BCUT2D eigenvalue weighted by Crippen LogP contribution is -2.35. The number of hydrogen-bond acceptors (Lipinski definition) is 4. The minimum Gasteiger partial charge on any atom is -0.494 e. The Labute approximate surface area is 125 Å². The van der Waals surface area contributed by atoms with Gasteiger partial charge in [0, 0.05) is 19.8 Å². The molecule has 0 saturated carbocycles. The zero-order chi connectivity index (χ0) is 16.3. The topological polar surface area (TPSA) is 56.8 Å². The number of ether oxygens (including phenoxy) is 3. The van der Waals surface area contributed by atoms with Gasteiger partial charge >= 0.3 is 0 Å². The van der Waals surface area contributed by atoms with Gasteiger partial charge in [-0.05, 0) is 6.07 Å². The van der Waals surface area contributed by atoms with Crippen LogP contribution >= 0.6 is 0 Å². The van der Waals surface area contributed by atoms with Crippen molar-refractivity contribution in [1.29, 1.82) is 0 Å². The molecule has 120 valence electrons. The van der Waals surface area contributed by atoms with Gasteiger partial charge in [-0.25, -0.2) is 4.39 Å². The summed E-state index contributed by atoms with van der Waals surface area (Å²) in [4.78, 5) is 11.7. The molecule has 1 amide bonds. The van der Waals surface area contributed by atoms with E-state index in [0.29, 0.717) is 0 Å². The number of hydrogen-bond donors (Lipinski definition) is 1. The summed E-state index contributed by atoms with van der Waals surface area (Å²) in [6.07, 6.45) is -0.581. The van der Waals surface area contributed by atoms with Crippen molar-refractivity contribution in [1.82, 2.24) is 5.32 Å². The summed E-state index contributed by atoms with van der Waals surface area (Å²) < 4.78 is 28.5. The van der Waals surface area contributed by atoms with Crippen LogP contribution in [0.5, 0.6) is 5.75 Å². The molecule has 0 bridgehead atoms. The first-order valence-corrected chi connectivity index (χ1v) is 6.76. The highest BCUT2D eigenvalue weighted by molar-refractivity contribution is 5.78. The molecule has 0 aromatic heterocycles. The Morgan fingerprint density at radius 3 is 2.38 bits per heavy atom. The Bertz CT molecular complexity index is 422. The highest BCUT2D eigenvalue weighted by Gasteiger charge is 2.13. The molecule has 21 heavy (non-hydrogen) atoms. The van der Waals surface area contributed by atoms with Crippen molar-refractivity contribution in [3.63, 3.8) is 0 Å². The standard InChI is InChI=1S/C13H18FNO4.C2H6/c1-17-10-6-4-5-9(13(10)14)7-11(16)15-8-12(18-2)19-3;1-2/h4-6,12H,7-8H2,1-3H3,(H,15,16);1-2H3. The fourth-order valence-electron chi connectivity index (χ4n) is 1.55. The fraction of sp³-hybridized carbons (Fsp3) is 0.533. The van der Waals surface area contributed by atoms with Gasteiger partial charge in [0.1, 0.15) is 0 Å². The number of carbonyl (C=O) groups is 1. The SMILES string of the molecule is CC.COc1cccc(CC(=O)NCC(OC)OC)c1F. The van der Waals surface area contributed by atoms with Crippen molar-refractivity contribution < 1.29 is 23.4 Å². The van der Waals surface area contributed by atoms with Crippen molar-refractivity contribution in [2.75, 3.05) is 27.9 Å². The molecule has 1 rings (SSSR count). The molecule has 0 spiro atoms. The quantitative estimate of drug-likeness (QED) is 0.784. The number of amides is 1. The van der Waals surface area contributed by atoms with Gasteiger partial charge in [-0.15, -0.1) is 0 Å².